The summed E-state index contributed by atoms with van der Waals surface area (Å²) < 4.78 is 70.1. The van der Waals surface area contributed by atoms with Gasteiger partial charge in [-0.25, -0.2) is 26.4 Å². The Hall–Kier alpha value is -2.70. The molecule has 40 heavy (non-hydrogen) atoms. The van der Waals surface area contributed by atoms with E-state index in [9.17, 15) is 26.0 Å². The first-order chi connectivity index (χ1) is 18.8. The van der Waals surface area contributed by atoms with Crippen LogP contribution in [0.5, 0.6) is 5.75 Å². The first-order valence-electron chi connectivity index (χ1n) is 12.3. The molecule has 2 N–H and O–H groups in total. The van der Waals surface area contributed by atoms with Crippen LogP contribution >= 0.6 is 23.2 Å². The second-order valence-electron chi connectivity index (χ2n) is 9.85. The molecule has 13 heteroatoms. The minimum Gasteiger partial charge on any atom is -0.489 e. The van der Waals surface area contributed by atoms with Crippen molar-refractivity contribution in [2.45, 2.75) is 41.6 Å². The number of hydrogen-bond donors (Lipinski definition) is 1. The predicted octanol–water partition coefficient (Wildman–Crippen LogP) is 4.22. The van der Waals surface area contributed by atoms with Crippen molar-refractivity contribution in [3.63, 3.8) is 0 Å². The van der Waals surface area contributed by atoms with Gasteiger partial charge in [0.2, 0.25) is 15.9 Å². The first kappa shape index (κ1) is 28.8. The Kier molecular flexibility index (Phi) is 7.64. The van der Waals surface area contributed by atoms with Gasteiger partial charge in [0.05, 0.1) is 10.9 Å². The van der Waals surface area contributed by atoms with Gasteiger partial charge < -0.3 is 9.64 Å². The Bertz CT molecular complexity index is 1680. The molecule has 212 valence electrons. The molecule has 0 saturated carbocycles. The lowest BCUT2D eigenvalue weighted by Gasteiger charge is -2.42. The van der Waals surface area contributed by atoms with E-state index in [4.69, 9.17) is 33.1 Å². The molecule has 0 aromatic heterocycles. The van der Waals surface area contributed by atoms with Crippen molar-refractivity contribution in [3.8, 4) is 5.75 Å². The fourth-order valence-corrected chi connectivity index (χ4v) is 9.18. The Morgan fingerprint density at radius 3 is 2.38 bits per heavy atom. The van der Waals surface area contributed by atoms with Crippen LogP contribution in [0.25, 0.3) is 0 Å². The topological polar surface area (TPSA) is 124 Å². The third-order valence-electron chi connectivity index (χ3n) is 7.55. The maximum Gasteiger partial charge on any atom is 0.239 e. The number of primary sulfonamides is 1. The summed E-state index contributed by atoms with van der Waals surface area (Å²) in [7, 11) is -8.33. The van der Waals surface area contributed by atoms with Crippen molar-refractivity contribution in [1.82, 2.24) is 4.90 Å². The van der Waals surface area contributed by atoms with E-state index in [1.165, 1.54) is 17.0 Å². The molecule has 1 fully saturated rings. The average molecular weight is 628 g/mol. The lowest BCUT2D eigenvalue weighted by molar-refractivity contribution is -0.129. The fourth-order valence-electron chi connectivity index (χ4n) is 5.80. The van der Waals surface area contributed by atoms with Gasteiger partial charge in [0.1, 0.15) is 28.7 Å². The van der Waals surface area contributed by atoms with Gasteiger partial charge in [0.25, 0.3) is 0 Å². The van der Waals surface area contributed by atoms with E-state index < -0.39 is 48.1 Å². The summed E-state index contributed by atoms with van der Waals surface area (Å²) in [6, 6.07) is 13.9. The number of hydrogen-bond acceptors (Lipinski definition) is 6. The number of carbonyl (C=O) groups excluding carboxylic acids is 1. The Morgan fingerprint density at radius 1 is 1.05 bits per heavy atom. The number of ether oxygens (including phenoxy) is 1. The average Bonchev–Trinajstić information content (AvgIpc) is 3.29. The summed E-state index contributed by atoms with van der Waals surface area (Å²) in [5.41, 5.74) is 1.81. The van der Waals surface area contributed by atoms with E-state index in [0.717, 1.165) is 12.1 Å². The van der Waals surface area contributed by atoms with E-state index in [1.54, 1.807) is 36.4 Å². The van der Waals surface area contributed by atoms with Crippen molar-refractivity contribution in [2.75, 3.05) is 12.3 Å². The highest BCUT2D eigenvalue weighted by atomic mass is 35.5. The number of sulfonamides is 1. The molecular weight excluding hydrogens is 602 g/mol. The second-order valence-corrected chi connectivity index (χ2v) is 14.5. The van der Waals surface area contributed by atoms with Gasteiger partial charge in [0, 0.05) is 22.2 Å². The number of aryl methyl sites for hydroxylation is 1. The number of nitrogens with two attached hydrogens (primary N) is 1. The summed E-state index contributed by atoms with van der Waals surface area (Å²) in [6.07, 6.45) is 0.684. The van der Waals surface area contributed by atoms with Crippen LogP contribution in [-0.4, -0.2) is 46.0 Å². The van der Waals surface area contributed by atoms with Gasteiger partial charge in [-0.1, -0.05) is 35.3 Å². The number of nitrogens with zero attached hydrogens (tertiary/aromatic N) is 1. The predicted molar refractivity (Wildman–Crippen MR) is 149 cm³/mol. The molecule has 0 bridgehead atoms. The number of sulfone groups is 1. The van der Waals surface area contributed by atoms with Crippen LogP contribution in [0.2, 0.25) is 10.0 Å². The fraction of sp³-hybridized carbons (Fsp3) is 0.296. The Morgan fingerprint density at radius 2 is 1.73 bits per heavy atom. The van der Waals surface area contributed by atoms with Gasteiger partial charge in [-0.05, 0) is 78.9 Å². The standard InChI is InChI=1S/C27H25Cl2FN2O6S2/c28-23-2-1-3-24(29)21(23)15-38-19-7-10-22-17(14-19)4-11-25-27(22,12-13-32(25)26(33)16-39(31,34)35)40(36,37)20-8-5-18(30)6-9-20/h1-3,5-10,14,25H,4,11-13,15-16H2,(H2,31,34,35)/t25-,27-/m1/s1. The van der Waals surface area contributed by atoms with Crippen molar-refractivity contribution >= 4 is 49.0 Å². The molecule has 1 amide bonds. The van der Waals surface area contributed by atoms with Crippen molar-refractivity contribution in [1.29, 1.82) is 0 Å². The lowest BCUT2D eigenvalue weighted by atomic mass is 9.78. The number of rotatable bonds is 7. The monoisotopic (exact) mass is 626 g/mol. The maximum atomic E-state index is 14.3. The smallest absolute Gasteiger partial charge is 0.239 e. The number of carbonyl (C=O) groups is 1. The van der Waals surface area contributed by atoms with Crippen LogP contribution in [0.4, 0.5) is 4.39 Å². The summed E-state index contributed by atoms with van der Waals surface area (Å²) in [5.74, 6) is -1.80. The van der Waals surface area contributed by atoms with E-state index in [1.807, 2.05) is 0 Å². The Balaban J connectivity index is 1.56. The third kappa shape index (κ3) is 5.09. The molecule has 1 heterocycles. The van der Waals surface area contributed by atoms with Crippen LogP contribution < -0.4 is 9.88 Å². The number of amides is 1. The molecule has 3 aromatic carbocycles. The molecule has 8 nitrogen and oxygen atoms in total. The second kappa shape index (κ2) is 10.6. The van der Waals surface area contributed by atoms with Gasteiger partial charge in [-0.2, -0.15) is 0 Å². The van der Waals surface area contributed by atoms with Gasteiger partial charge in [-0.15, -0.1) is 0 Å². The highest BCUT2D eigenvalue weighted by Gasteiger charge is 2.60. The van der Waals surface area contributed by atoms with Crippen molar-refractivity contribution in [2.24, 2.45) is 5.14 Å². The van der Waals surface area contributed by atoms with Crippen LogP contribution in [0.15, 0.2) is 65.6 Å². The summed E-state index contributed by atoms with van der Waals surface area (Å²) in [6.45, 7) is 0.108. The molecule has 0 unspecified atom stereocenters. The number of benzene rings is 3. The minimum atomic E-state index is -4.20. The maximum absolute atomic E-state index is 14.3. The number of halogens is 3. The third-order valence-corrected chi connectivity index (χ3v) is 11.5. The van der Waals surface area contributed by atoms with Crippen LogP contribution in [0, 0.1) is 5.82 Å². The molecule has 3 aromatic rings. The lowest BCUT2D eigenvalue weighted by Crippen LogP contribution is -2.53. The van der Waals surface area contributed by atoms with E-state index in [0.29, 0.717) is 38.9 Å². The Labute approximate surface area is 241 Å². The van der Waals surface area contributed by atoms with Crippen LogP contribution in [0.3, 0.4) is 0 Å². The van der Waals surface area contributed by atoms with E-state index in [-0.39, 0.29) is 30.9 Å². The highest BCUT2D eigenvalue weighted by Crippen LogP contribution is 2.53. The van der Waals surface area contributed by atoms with Gasteiger partial charge in [0.15, 0.2) is 9.84 Å². The summed E-state index contributed by atoms with van der Waals surface area (Å²) >= 11 is 12.5. The SMILES string of the molecule is NS(=O)(=O)CC(=O)N1CC[C@@]2(S(=O)(=O)c3ccc(F)cc3)c3ccc(OCc4c(Cl)cccc4Cl)cc3CC[C@@H]12. The molecule has 5 rings (SSSR count). The summed E-state index contributed by atoms with van der Waals surface area (Å²) in [5, 5.41) is 6.02. The van der Waals surface area contributed by atoms with Gasteiger partial charge in [-0.3, -0.25) is 4.79 Å². The minimum absolute atomic E-state index is 0.0160. The molecule has 1 saturated heterocycles. The normalized spacial score (nSPS) is 20.6. The van der Waals surface area contributed by atoms with Crippen molar-refractivity contribution in [3.05, 3.63) is 93.2 Å². The van der Waals surface area contributed by atoms with Crippen molar-refractivity contribution < 1.29 is 30.8 Å². The van der Waals surface area contributed by atoms with Gasteiger partial charge >= 0.3 is 0 Å². The summed E-state index contributed by atoms with van der Waals surface area (Å²) in [4.78, 5) is 14.2. The number of fused-ring (bicyclic) bond motifs is 3. The molecule has 2 aliphatic rings. The quantitative estimate of drug-likeness (QED) is 0.392. The molecular formula is C27H25Cl2FN2O6S2. The largest absolute Gasteiger partial charge is 0.489 e. The van der Waals surface area contributed by atoms with Crippen LogP contribution in [-0.2, 0) is 42.4 Å². The van der Waals surface area contributed by atoms with E-state index >= 15 is 0 Å². The molecule has 1 aliphatic heterocycles. The zero-order valence-corrected chi connectivity index (χ0v) is 24.2. The number of likely N-dealkylation sites (tertiary alicyclic amines) is 1. The molecule has 2 atom stereocenters. The first-order valence-corrected chi connectivity index (χ1v) is 16.3. The van der Waals surface area contributed by atoms with Crippen LogP contribution in [0.1, 0.15) is 29.5 Å². The molecule has 1 aliphatic carbocycles. The van der Waals surface area contributed by atoms with E-state index in [2.05, 4.69) is 0 Å². The molecule has 0 radical (unpaired) electrons. The zero-order valence-electron chi connectivity index (χ0n) is 21.0. The highest BCUT2D eigenvalue weighted by molar-refractivity contribution is 7.92. The molecule has 0 spiro atoms. The zero-order chi connectivity index (χ0) is 28.9.